The van der Waals surface area contributed by atoms with Gasteiger partial charge >= 0.3 is 0 Å². The molecule has 1 saturated carbocycles. The van der Waals surface area contributed by atoms with Crippen LogP contribution in [0.25, 0.3) is 0 Å². The van der Waals surface area contributed by atoms with Crippen molar-refractivity contribution in [3.8, 4) is 0 Å². The number of hydrogen-bond donors (Lipinski definition) is 2. The van der Waals surface area contributed by atoms with Crippen LogP contribution >= 0.6 is 0 Å². The van der Waals surface area contributed by atoms with Gasteiger partial charge in [-0.05, 0) is 38.2 Å². The van der Waals surface area contributed by atoms with Gasteiger partial charge in [0.1, 0.15) is 0 Å². The molecular weight excluding hydrogens is 260 g/mol. The van der Waals surface area contributed by atoms with Gasteiger partial charge in [0.15, 0.2) is 0 Å². The summed E-state index contributed by atoms with van der Waals surface area (Å²) in [6, 6.07) is 10.9. The highest BCUT2D eigenvalue weighted by molar-refractivity contribution is 5.15. The van der Waals surface area contributed by atoms with Crippen LogP contribution in [0.3, 0.4) is 0 Å². The van der Waals surface area contributed by atoms with E-state index in [1.807, 2.05) is 0 Å². The van der Waals surface area contributed by atoms with E-state index in [4.69, 9.17) is 10.6 Å². The smallest absolute Gasteiger partial charge is 0.0848 e. The molecule has 1 aliphatic rings. The predicted octanol–water partition coefficient (Wildman–Crippen LogP) is 3.58. The third kappa shape index (κ3) is 4.53. The highest BCUT2D eigenvalue weighted by Gasteiger charge is 2.38. The van der Waals surface area contributed by atoms with E-state index in [1.54, 1.807) is 0 Å². The molecule has 1 aromatic carbocycles. The van der Waals surface area contributed by atoms with E-state index in [-0.39, 0.29) is 11.6 Å². The van der Waals surface area contributed by atoms with Gasteiger partial charge in [-0.3, -0.25) is 11.3 Å². The summed E-state index contributed by atoms with van der Waals surface area (Å²) in [6.07, 6.45) is 9.49. The van der Waals surface area contributed by atoms with Gasteiger partial charge in [-0.1, -0.05) is 56.0 Å². The first-order valence-electron chi connectivity index (χ1n) is 8.45. The van der Waals surface area contributed by atoms with Crippen LogP contribution in [0.1, 0.15) is 57.4 Å². The lowest BCUT2D eigenvalue weighted by atomic mass is 9.83. The lowest BCUT2D eigenvalue weighted by Crippen LogP contribution is -2.55. The third-order valence-corrected chi connectivity index (χ3v) is 4.78. The van der Waals surface area contributed by atoms with Crippen LogP contribution in [0.2, 0.25) is 0 Å². The summed E-state index contributed by atoms with van der Waals surface area (Å²) < 4.78 is 6.25. The Morgan fingerprint density at radius 3 is 2.38 bits per heavy atom. The molecule has 3 N–H and O–H groups in total. The SMILES string of the molecule is CCOC1(C(CCc2ccccc2)NN)CCCCCC1. The Kier molecular flexibility index (Phi) is 6.68. The van der Waals surface area contributed by atoms with Gasteiger partial charge in [-0.2, -0.15) is 0 Å². The average molecular weight is 290 g/mol. The van der Waals surface area contributed by atoms with E-state index < -0.39 is 0 Å². The van der Waals surface area contributed by atoms with E-state index in [0.717, 1.165) is 32.3 Å². The molecule has 2 rings (SSSR count). The van der Waals surface area contributed by atoms with Crippen LogP contribution in [0.15, 0.2) is 30.3 Å². The predicted molar refractivity (Wildman–Crippen MR) is 87.9 cm³/mol. The molecule has 0 heterocycles. The average Bonchev–Trinajstić information content (AvgIpc) is 2.76. The quantitative estimate of drug-likeness (QED) is 0.458. The van der Waals surface area contributed by atoms with Crippen molar-refractivity contribution in [1.82, 2.24) is 5.43 Å². The van der Waals surface area contributed by atoms with Crippen molar-refractivity contribution in [3.63, 3.8) is 0 Å². The molecular formula is C18H30N2O. The highest BCUT2D eigenvalue weighted by Crippen LogP contribution is 2.35. The monoisotopic (exact) mass is 290 g/mol. The Bertz CT molecular complexity index is 385. The summed E-state index contributed by atoms with van der Waals surface area (Å²) in [5.41, 5.74) is 4.37. The van der Waals surface area contributed by atoms with E-state index in [1.165, 1.54) is 31.2 Å². The Labute approximate surface area is 129 Å². The molecule has 1 atom stereocenters. The van der Waals surface area contributed by atoms with Crippen molar-refractivity contribution >= 4 is 0 Å². The molecule has 118 valence electrons. The second-order valence-corrected chi connectivity index (χ2v) is 6.16. The minimum Gasteiger partial charge on any atom is -0.374 e. The van der Waals surface area contributed by atoms with Crippen LogP contribution in [0, 0.1) is 0 Å². The molecule has 0 bridgehead atoms. The number of nitrogens with one attached hydrogen (secondary N) is 1. The molecule has 0 radical (unpaired) electrons. The Hall–Kier alpha value is -0.900. The fourth-order valence-electron chi connectivity index (χ4n) is 3.66. The van der Waals surface area contributed by atoms with Crippen molar-refractivity contribution in [3.05, 3.63) is 35.9 Å². The van der Waals surface area contributed by atoms with E-state index in [9.17, 15) is 0 Å². The molecule has 3 heteroatoms. The lowest BCUT2D eigenvalue weighted by molar-refractivity contribution is -0.0785. The van der Waals surface area contributed by atoms with Gasteiger partial charge in [-0.25, -0.2) is 0 Å². The minimum absolute atomic E-state index is 0.0746. The fourth-order valence-corrected chi connectivity index (χ4v) is 3.66. The molecule has 21 heavy (non-hydrogen) atoms. The van der Waals surface area contributed by atoms with E-state index in [2.05, 4.69) is 42.7 Å². The second kappa shape index (κ2) is 8.52. The molecule has 3 nitrogen and oxygen atoms in total. The molecule has 0 aliphatic heterocycles. The van der Waals surface area contributed by atoms with Crippen LogP contribution < -0.4 is 11.3 Å². The number of benzene rings is 1. The first kappa shape index (κ1) is 16.5. The van der Waals surface area contributed by atoms with Crippen molar-refractivity contribution < 1.29 is 4.74 Å². The Morgan fingerprint density at radius 2 is 1.81 bits per heavy atom. The molecule has 0 amide bonds. The van der Waals surface area contributed by atoms with Crippen LogP contribution in [-0.2, 0) is 11.2 Å². The zero-order chi connectivity index (χ0) is 15.0. The second-order valence-electron chi connectivity index (χ2n) is 6.16. The van der Waals surface area contributed by atoms with Crippen LogP contribution in [-0.4, -0.2) is 18.2 Å². The number of nitrogens with two attached hydrogens (primary N) is 1. The summed E-state index contributed by atoms with van der Waals surface area (Å²) in [4.78, 5) is 0. The molecule has 1 fully saturated rings. The fraction of sp³-hybridized carbons (Fsp3) is 0.667. The normalized spacial score (nSPS) is 19.9. The summed E-state index contributed by atoms with van der Waals surface area (Å²) >= 11 is 0. The summed E-state index contributed by atoms with van der Waals surface area (Å²) in [7, 11) is 0. The molecule has 0 aromatic heterocycles. The number of rotatable bonds is 7. The molecule has 0 saturated heterocycles. The zero-order valence-corrected chi connectivity index (χ0v) is 13.3. The minimum atomic E-state index is -0.0746. The van der Waals surface area contributed by atoms with Crippen LogP contribution in [0.5, 0.6) is 0 Å². The maximum atomic E-state index is 6.25. The summed E-state index contributed by atoms with van der Waals surface area (Å²) in [5, 5.41) is 0. The van der Waals surface area contributed by atoms with Gasteiger partial charge in [0.25, 0.3) is 0 Å². The van der Waals surface area contributed by atoms with Crippen molar-refractivity contribution in [2.24, 2.45) is 5.84 Å². The van der Waals surface area contributed by atoms with E-state index in [0.29, 0.717) is 0 Å². The van der Waals surface area contributed by atoms with Crippen molar-refractivity contribution in [1.29, 1.82) is 0 Å². The van der Waals surface area contributed by atoms with Gasteiger partial charge in [0.2, 0.25) is 0 Å². The Balaban J connectivity index is 2.04. The number of hydrazine groups is 1. The van der Waals surface area contributed by atoms with Crippen molar-refractivity contribution in [2.75, 3.05) is 6.61 Å². The summed E-state index contributed by atoms with van der Waals surface area (Å²) in [6.45, 7) is 2.86. The van der Waals surface area contributed by atoms with Gasteiger partial charge < -0.3 is 4.74 Å². The van der Waals surface area contributed by atoms with Gasteiger partial charge in [0.05, 0.1) is 11.6 Å². The molecule has 1 aliphatic carbocycles. The first-order valence-corrected chi connectivity index (χ1v) is 8.45. The standard InChI is InChI=1S/C18H30N2O/c1-2-21-18(14-8-3-4-9-15-18)17(20-19)13-12-16-10-6-5-7-11-16/h5-7,10-11,17,20H,2-4,8-9,12-15,19H2,1H3. The first-order chi connectivity index (χ1) is 10.3. The van der Waals surface area contributed by atoms with Crippen molar-refractivity contribution in [2.45, 2.75) is 69.9 Å². The van der Waals surface area contributed by atoms with Gasteiger partial charge in [-0.15, -0.1) is 0 Å². The number of aryl methyl sites for hydroxylation is 1. The highest BCUT2D eigenvalue weighted by atomic mass is 16.5. The van der Waals surface area contributed by atoms with E-state index >= 15 is 0 Å². The lowest BCUT2D eigenvalue weighted by Gasteiger charge is -2.40. The topological polar surface area (TPSA) is 47.3 Å². The third-order valence-electron chi connectivity index (χ3n) is 4.78. The number of hydrogen-bond acceptors (Lipinski definition) is 3. The number of ether oxygens (including phenoxy) is 1. The maximum Gasteiger partial charge on any atom is 0.0848 e. The largest absolute Gasteiger partial charge is 0.374 e. The molecule has 1 aromatic rings. The summed E-state index contributed by atoms with van der Waals surface area (Å²) in [5.74, 6) is 5.90. The maximum absolute atomic E-state index is 6.25. The molecule has 1 unspecified atom stereocenters. The Morgan fingerprint density at radius 1 is 1.14 bits per heavy atom. The van der Waals surface area contributed by atoms with Gasteiger partial charge in [0, 0.05) is 6.61 Å². The molecule has 0 spiro atoms. The van der Waals surface area contributed by atoms with Crippen LogP contribution in [0.4, 0.5) is 0 Å². The zero-order valence-electron chi connectivity index (χ0n) is 13.3.